The molecule has 0 aliphatic carbocycles. The number of aromatic nitrogens is 1. The van der Waals surface area contributed by atoms with E-state index < -0.39 is 6.04 Å². The molecule has 8 heteroatoms. The molecular formula is C26H23ClFN3O3. The Morgan fingerprint density at radius 1 is 1.09 bits per heavy atom. The average Bonchev–Trinajstić information content (AvgIpc) is 3.22. The lowest BCUT2D eigenvalue weighted by Crippen LogP contribution is -2.43. The van der Waals surface area contributed by atoms with Gasteiger partial charge >= 0.3 is 6.03 Å². The molecule has 0 bridgehead atoms. The van der Waals surface area contributed by atoms with Crippen LogP contribution in [-0.2, 0) is 6.42 Å². The molecule has 1 atom stereocenters. The van der Waals surface area contributed by atoms with E-state index in [9.17, 15) is 9.18 Å². The molecule has 5 rings (SSSR count). The Bertz CT molecular complexity index is 1370. The number of anilines is 1. The summed E-state index contributed by atoms with van der Waals surface area (Å²) in [4.78, 5) is 18.8. The molecule has 0 radical (unpaired) electrons. The highest BCUT2D eigenvalue weighted by atomic mass is 35.5. The molecular weight excluding hydrogens is 457 g/mol. The van der Waals surface area contributed by atoms with Gasteiger partial charge in [-0.05, 0) is 66.1 Å². The molecule has 6 nitrogen and oxygen atoms in total. The first-order valence-electron chi connectivity index (χ1n) is 10.8. The van der Waals surface area contributed by atoms with E-state index in [1.165, 1.54) is 19.2 Å². The zero-order chi connectivity index (χ0) is 23.8. The van der Waals surface area contributed by atoms with Gasteiger partial charge < -0.3 is 24.7 Å². The van der Waals surface area contributed by atoms with Gasteiger partial charge in [0.25, 0.3) is 0 Å². The topological polar surface area (TPSA) is 66.6 Å². The minimum Gasteiger partial charge on any atom is -0.497 e. The second-order valence-electron chi connectivity index (χ2n) is 8.10. The third-order valence-corrected chi connectivity index (χ3v) is 6.42. The summed E-state index contributed by atoms with van der Waals surface area (Å²) in [5.74, 6) is 0.938. The van der Waals surface area contributed by atoms with Gasteiger partial charge in [-0.25, -0.2) is 9.18 Å². The third-order valence-electron chi connectivity index (χ3n) is 6.18. The summed E-state index contributed by atoms with van der Waals surface area (Å²) < 4.78 is 24.5. The molecule has 174 valence electrons. The number of hydrogen-bond acceptors (Lipinski definition) is 3. The predicted octanol–water partition coefficient (Wildman–Crippen LogP) is 6.16. The number of H-pyrrole nitrogens is 1. The Balaban J connectivity index is 1.58. The number of ether oxygens (including phenoxy) is 2. The SMILES string of the molecule is COc1ccc2[nH]c3c(c2c1)CCN(C(=O)Nc1cc(Cl)ccc1OC)[C@H]3c1ccc(F)cc1. The number of methoxy groups -OCH3 is 2. The Morgan fingerprint density at radius 2 is 1.88 bits per heavy atom. The molecule has 1 aliphatic rings. The van der Waals surface area contributed by atoms with E-state index in [4.69, 9.17) is 21.1 Å². The van der Waals surface area contributed by atoms with Crippen molar-refractivity contribution in [1.82, 2.24) is 9.88 Å². The van der Waals surface area contributed by atoms with Gasteiger partial charge in [0.15, 0.2) is 0 Å². The quantitative estimate of drug-likeness (QED) is 0.368. The van der Waals surface area contributed by atoms with E-state index in [1.54, 1.807) is 42.3 Å². The minimum absolute atomic E-state index is 0.309. The van der Waals surface area contributed by atoms with Gasteiger partial charge in [0, 0.05) is 28.2 Å². The highest BCUT2D eigenvalue weighted by Gasteiger charge is 2.35. The third kappa shape index (κ3) is 3.92. The summed E-state index contributed by atoms with van der Waals surface area (Å²) in [6, 6.07) is 16.4. The normalized spacial score (nSPS) is 15.2. The lowest BCUT2D eigenvalue weighted by Gasteiger charge is -2.36. The van der Waals surface area contributed by atoms with Crippen molar-refractivity contribution in [1.29, 1.82) is 0 Å². The first-order valence-corrected chi connectivity index (χ1v) is 11.2. The first kappa shape index (κ1) is 22.1. The summed E-state index contributed by atoms with van der Waals surface area (Å²) in [5, 5.41) is 4.47. The number of aromatic amines is 1. The number of amides is 2. The summed E-state index contributed by atoms with van der Waals surface area (Å²) in [6.07, 6.45) is 0.653. The zero-order valence-corrected chi connectivity index (χ0v) is 19.4. The predicted molar refractivity (Wildman–Crippen MR) is 131 cm³/mol. The van der Waals surface area contributed by atoms with Gasteiger partial charge in [0.1, 0.15) is 17.3 Å². The van der Waals surface area contributed by atoms with Gasteiger partial charge in [-0.1, -0.05) is 23.7 Å². The molecule has 1 aromatic heterocycles. The number of benzene rings is 3. The second kappa shape index (κ2) is 8.91. The van der Waals surface area contributed by atoms with Crippen LogP contribution in [0.15, 0.2) is 60.7 Å². The van der Waals surface area contributed by atoms with Crippen molar-refractivity contribution in [3.05, 3.63) is 88.3 Å². The number of urea groups is 1. The van der Waals surface area contributed by atoms with Crippen LogP contribution in [0.5, 0.6) is 11.5 Å². The molecule has 0 fully saturated rings. The molecule has 2 amide bonds. The number of carbonyl (C=O) groups excluding carboxylic acids is 1. The lowest BCUT2D eigenvalue weighted by molar-refractivity contribution is 0.193. The fraction of sp³-hybridized carbons (Fsp3) is 0.192. The number of halogens is 2. The van der Waals surface area contributed by atoms with Crippen LogP contribution in [0, 0.1) is 5.82 Å². The summed E-state index contributed by atoms with van der Waals surface area (Å²) in [7, 11) is 3.17. The van der Waals surface area contributed by atoms with E-state index in [0.717, 1.165) is 33.5 Å². The monoisotopic (exact) mass is 479 g/mol. The zero-order valence-electron chi connectivity index (χ0n) is 18.7. The minimum atomic E-state index is -0.437. The Kier molecular flexibility index (Phi) is 5.79. The van der Waals surface area contributed by atoms with Crippen molar-refractivity contribution in [3.63, 3.8) is 0 Å². The number of carbonyl (C=O) groups is 1. The van der Waals surface area contributed by atoms with Crippen molar-refractivity contribution in [2.45, 2.75) is 12.5 Å². The largest absolute Gasteiger partial charge is 0.497 e. The van der Waals surface area contributed by atoms with Crippen molar-refractivity contribution >= 4 is 34.2 Å². The fourth-order valence-corrected chi connectivity index (χ4v) is 4.74. The molecule has 0 spiro atoms. The van der Waals surface area contributed by atoms with Crippen LogP contribution in [0.2, 0.25) is 5.02 Å². The Hall–Kier alpha value is -3.71. The van der Waals surface area contributed by atoms with Gasteiger partial charge in [0.05, 0.1) is 25.9 Å². The van der Waals surface area contributed by atoms with E-state index in [2.05, 4.69) is 10.3 Å². The fourth-order valence-electron chi connectivity index (χ4n) is 4.57. The second-order valence-corrected chi connectivity index (χ2v) is 8.54. The summed E-state index contributed by atoms with van der Waals surface area (Å²) >= 11 is 6.15. The van der Waals surface area contributed by atoms with Crippen molar-refractivity contribution < 1.29 is 18.7 Å². The van der Waals surface area contributed by atoms with Gasteiger partial charge in [-0.3, -0.25) is 0 Å². The maximum Gasteiger partial charge on any atom is 0.322 e. The number of nitrogens with zero attached hydrogens (tertiary/aromatic N) is 1. The van der Waals surface area contributed by atoms with E-state index >= 15 is 0 Å². The van der Waals surface area contributed by atoms with Crippen LogP contribution in [0.25, 0.3) is 10.9 Å². The van der Waals surface area contributed by atoms with Gasteiger partial charge in [0.2, 0.25) is 0 Å². The summed E-state index contributed by atoms with van der Waals surface area (Å²) in [6.45, 7) is 0.466. The molecule has 0 saturated carbocycles. The molecule has 3 aromatic carbocycles. The highest BCUT2D eigenvalue weighted by molar-refractivity contribution is 6.31. The van der Waals surface area contributed by atoms with Crippen LogP contribution in [0.1, 0.15) is 22.9 Å². The van der Waals surface area contributed by atoms with Crippen LogP contribution < -0.4 is 14.8 Å². The van der Waals surface area contributed by atoms with Crippen LogP contribution in [-0.4, -0.2) is 36.7 Å². The number of fused-ring (bicyclic) bond motifs is 3. The van der Waals surface area contributed by atoms with Crippen LogP contribution in [0.3, 0.4) is 0 Å². The van der Waals surface area contributed by atoms with E-state index in [1.807, 2.05) is 18.2 Å². The molecule has 0 unspecified atom stereocenters. The average molecular weight is 480 g/mol. The number of nitrogens with one attached hydrogen (secondary N) is 2. The van der Waals surface area contributed by atoms with Crippen molar-refractivity contribution in [2.24, 2.45) is 0 Å². The number of hydrogen-bond donors (Lipinski definition) is 2. The Morgan fingerprint density at radius 3 is 2.62 bits per heavy atom. The van der Waals surface area contributed by atoms with Crippen LogP contribution in [0.4, 0.5) is 14.9 Å². The smallest absolute Gasteiger partial charge is 0.322 e. The van der Waals surface area contributed by atoms with Crippen LogP contribution >= 0.6 is 11.6 Å². The molecule has 2 N–H and O–H groups in total. The lowest BCUT2D eigenvalue weighted by atomic mass is 9.92. The Labute approximate surface area is 201 Å². The first-order chi connectivity index (χ1) is 16.5. The summed E-state index contributed by atoms with van der Waals surface area (Å²) in [5.41, 5.74) is 4.25. The van der Waals surface area contributed by atoms with Crippen molar-refractivity contribution in [2.75, 3.05) is 26.1 Å². The molecule has 34 heavy (non-hydrogen) atoms. The maximum atomic E-state index is 13.7. The highest BCUT2D eigenvalue weighted by Crippen LogP contribution is 2.40. The maximum absolute atomic E-state index is 13.7. The van der Waals surface area contributed by atoms with Crippen molar-refractivity contribution in [3.8, 4) is 11.5 Å². The molecule has 4 aromatic rings. The molecule has 1 aliphatic heterocycles. The number of rotatable bonds is 4. The standard InChI is InChI=1S/C26H23ClFN3O3/c1-33-18-8-9-21-20(14-18)19-11-12-31(25(24(19)29-21)15-3-6-17(28)7-4-15)26(32)30-22-13-16(27)5-10-23(22)34-2/h3-10,13-14,25,29H,11-12H2,1-2H3,(H,30,32)/t25-/m0/s1. The van der Waals surface area contributed by atoms with E-state index in [0.29, 0.717) is 29.4 Å². The van der Waals surface area contributed by atoms with Gasteiger partial charge in [-0.2, -0.15) is 0 Å². The molecule has 2 heterocycles. The molecule has 0 saturated heterocycles. The van der Waals surface area contributed by atoms with Gasteiger partial charge in [-0.15, -0.1) is 0 Å². The van der Waals surface area contributed by atoms with E-state index in [-0.39, 0.29) is 11.8 Å².